The van der Waals surface area contributed by atoms with Gasteiger partial charge in [-0.3, -0.25) is 0 Å². The summed E-state index contributed by atoms with van der Waals surface area (Å²) in [5.41, 5.74) is 5.61. The van der Waals surface area contributed by atoms with E-state index in [1.54, 1.807) is 0 Å². The molecule has 1 aromatic heterocycles. The fourth-order valence-electron chi connectivity index (χ4n) is 1.67. The van der Waals surface area contributed by atoms with E-state index in [1.165, 1.54) is 32.0 Å². The van der Waals surface area contributed by atoms with Crippen LogP contribution < -0.4 is 11.1 Å². The van der Waals surface area contributed by atoms with Crippen molar-refractivity contribution >= 4 is 23.2 Å². The van der Waals surface area contributed by atoms with Crippen molar-refractivity contribution in [3.63, 3.8) is 0 Å². The van der Waals surface area contributed by atoms with Gasteiger partial charge < -0.3 is 11.1 Å². The van der Waals surface area contributed by atoms with E-state index in [9.17, 15) is 0 Å². The van der Waals surface area contributed by atoms with Crippen LogP contribution in [-0.4, -0.2) is 16.0 Å². The monoisotopic (exact) mass is 256 g/mol. The smallest absolute Gasteiger partial charge is 0.150 e. The average Bonchev–Trinajstić information content (AvgIpc) is 2.31. The van der Waals surface area contributed by atoms with Crippen LogP contribution in [0.1, 0.15) is 46.0 Å². The fraction of sp³-hybridized carbons (Fsp3) is 0.667. The van der Waals surface area contributed by atoms with Crippen LogP contribution in [-0.2, 0) is 0 Å². The Kier molecular flexibility index (Phi) is 6.05. The van der Waals surface area contributed by atoms with Gasteiger partial charge in [-0.25, -0.2) is 9.97 Å². The Morgan fingerprint density at radius 2 is 2.12 bits per heavy atom. The molecule has 1 unspecified atom stereocenters. The number of anilines is 2. The zero-order valence-electron chi connectivity index (χ0n) is 10.5. The van der Waals surface area contributed by atoms with Crippen molar-refractivity contribution < 1.29 is 0 Å². The quantitative estimate of drug-likeness (QED) is 0.733. The van der Waals surface area contributed by atoms with Gasteiger partial charge >= 0.3 is 0 Å². The second-order valence-electron chi connectivity index (χ2n) is 4.32. The first-order valence-electron chi connectivity index (χ1n) is 6.17. The van der Waals surface area contributed by atoms with Crippen LogP contribution in [0.2, 0.25) is 5.02 Å². The van der Waals surface area contributed by atoms with Crippen molar-refractivity contribution in [2.75, 3.05) is 11.1 Å². The van der Waals surface area contributed by atoms with E-state index in [1.807, 2.05) is 0 Å². The molecule has 1 rings (SSSR count). The van der Waals surface area contributed by atoms with E-state index >= 15 is 0 Å². The Hall–Kier alpha value is -1.03. The summed E-state index contributed by atoms with van der Waals surface area (Å²) >= 11 is 6.01. The normalized spacial score (nSPS) is 12.4. The second kappa shape index (κ2) is 7.33. The minimum atomic E-state index is 0.322. The molecular weight excluding hydrogens is 236 g/mol. The summed E-state index contributed by atoms with van der Waals surface area (Å²) in [6.07, 6.45) is 7.60. The Morgan fingerprint density at radius 1 is 1.35 bits per heavy atom. The molecule has 3 N–H and O–H groups in total. The number of nitrogen functional groups attached to an aromatic ring is 1. The Balaban J connectivity index is 2.39. The van der Waals surface area contributed by atoms with Gasteiger partial charge in [0.25, 0.3) is 0 Å². The predicted molar refractivity (Wildman–Crippen MR) is 73.3 cm³/mol. The molecule has 0 aromatic carbocycles. The van der Waals surface area contributed by atoms with E-state index in [-0.39, 0.29) is 0 Å². The average molecular weight is 257 g/mol. The summed E-state index contributed by atoms with van der Waals surface area (Å²) in [7, 11) is 0. The predicted octanol–water partition coefficient (Wildman–Crippen LogP) is 3.48. The largest absolute Gasteiger partial charge is 0.382 e. The van der Waals surface area contributed by atoms with Crippen LogP contribution >= 0.6 is 11.6 Å². The molecule has 0 saturated heterocycles. The Bertz CT molecular complexity index is 343. The van der Waals surface area contributed by atoms with Gasteiger partial charge in [0.05, 0.1) is 0 Å². The third-order valence-corrected chi connectivity index (χ3v) is 3.06. The zero-order valence-corrected chi connectivity index (χ0v) is 11.3. The molecular formula is C12H21ClN4. The summed E-state index contributed by atoms with van der Waals surface area (Å²) in [6.45, 7) is 4.34. The van der Waals surface area contributed by atoms with Gasteiger partial charge in [-0.2, -0.15) is 0 Å². The molecule has 1 atom stereocenters. The van der Waals surface area contributed by atoms with Crippen molar-refractivity contribution in [2.24, 2.45) is 0 Å². The highest BCUT2D eigenvalue weighted by atomic mass is 35.5. The molecule has 17 heavy (non-hydrogen) atoms. The van der Waals surface area contributed by atoms with E-state index < -0.39 is 0 Å². The maximum absolute atomic E-state index is 6.01. The van der Waals surface area contributed by atoms with Crippen LogP contribution in [0.3, 0.4) is 0 Å². The van der Waals surface area contributed by atoms with Gasteiger partial charge in [0, 0.05) is 6.04 Å². The lowest BCUT2D eigenvalue weighted by molar-refractivity contribution is 0.593. The highest BCUT2D eigenvalue weighted by Crippen LogP contribution is 2.24. The first-order valence-corrected chi connectivity index (χ1v) is 6.55. The van der Waals surface area contributed by atoms with E-state index in [2.05, 4.69) is 29.1 Å². The molecule has 0 spiro atoms. The lowest BCUT2D eigenvalue weighted by Gasteiger charge is -2.15. The first kappa shape index (κ1) is 14.0. The number of hydrogen-bond donors (Lipinski definition) is 2. The van der Waals surface area contributed by atoms with Gasteiger partial charge in [0.1, 0.15) is 17.2 Å². The van der Waals surface area contributed by atoms with Crippen LogP contribution in [0.25, 0.3) is 0 Å². The number of unbranched alkanes of at least 4 members (excludes halogenated alkanes) is 3. The fourth-order valence-corrected chi connectivity index (χ4v) is 1.82. The van der Waals surface area contributed by atoms with E-state index in [4.69, 9.17) is 17.3 Å². The first-order chi connectivity index (χ1) is 8.15. The number of hydrogen-bond acceptors (Lipinski definition) is 4. The third kappa shape index (κ3) is 4.77. The minimum absolute atomic E-state index is 0.322. The third-order valence-electron chi connectivity index (χ3n) is 2.69. The van der Waals surface area contributed by atoms with Gasteiger partial charge in [-0.15, -0.1) is 0 Å². The molecule has 0 radical (unpaired) electrons. The Labute approximate surface area is 108 Å². The molecule has 0 amide bonds. The van der Waals surface area contributed by atoms with Crippen LogP contribution in [0, 0.1) is 0 Å². The molecule has 0 saturated carbocycles. The van der Waals surface area contributed by atoms with Crippen LogP contribution in [0.15, 0.2) is 6.33 Å². The van der Waals surface area contributed by atoms with Crippen molar-refractivity contribution in [1.82, 2.24) is 9.97 Å². The molecule has 5 heteroatoms. The lowest BCUT2D eigenvalue weighted by Crippen LogP contribution is -2.16. The van der Waals surface area contributed by atoms with Crippen LogP contribution in [0.4, 0.5) is 11.6 Å². The van der Waals surface area contributed by atoms with Gasteiger partial charge in [0.15, 0.2) is 5.82 Å². The Morgan fingerprint density at radius 3 is 2.82 bits per heavy atom. The molecule has 0 aliphatic carbocycles. The maximum atomic E-state index is 6.01. The molecule has 4 nitrogen and oxygen atoms in total. The van der Waals surface area contributed by atoms with Crippen molar-refractivity contribution in [1.29, 1.82) is 0 Å². The standard InChI is InChI=1S/C12H21ClN4/c1-3-4-5-6-7-9(2)17-12-10(13)11(14)15-8-16-12/h8-9H,3-7H2,1-2H3,(H3,14,15,16,17). The number of aromatic nitrogens is 2. The number of nitrogens with two attached hydrogens (primary N) is 1. The number of rotatable bonds is 7. The second-order valence-corrected chi connectivity index (χ2v) is 4.69. The van der Waals surface area contributed by atoms with Gasteiger partial charge in [-0.05, 0) is 13.3 Å². The minimum Gasteiger partial charge on any atom is -0.382 e. The molecule has 0 fully saturated rings. The number of nitrogens with one attached hydrogen (secondary N) is 1. The SMILES string of the molecule is CCCCCCC(C)Nc1ncnc(N)c1Cl. The molecule has 96 valence electrons. The summed E-state index contributed by atoms with van der Waals surface area (Å²) in [6, 6.07) is 0.346. The van der Waals surface area contributed by atoms with Gasteiger partial charge in [0.2, 0.25) is 0 Å². The molecule has 1 heterocycles. The van der Waals surface area contributed by atoms with Crippen molar-refractivity contribution in [2.45, 2.75) is 52.0 Å². The van der Waals surface area contributed by atoms with Crippen molar-refractivity contribution in [3.8, 4) is 0 Å². The van der Waals surface area contributed by atoms with Gasteiger partial charge in [-0.1, -0.05) is 44.2 Å². The summed E-state index contributed by atoms with van der Waals surface area (Å²) in [5.74, 6) is 0.949. The summed E-state index contributed by atoms with van der Waals surface area (Å²) < 4.78 is 0. The summed E-state index contributed by atoms with van der Waals surface area (Å²) in [5, 5.41) is 3.67. The zero-order chi connectivity index (χ0) is 12.7. The molecule has 0 aliphatic heterocycles. The molecule has 0 aliphatic rings. The van der Waals surface area contributed by atoms with E-state index in [0.29, 0.717) is 22.7 Å². The topological polar surface area (TPSA) is 63.8 Å². The highest BCUT2D eigenvalue weighted by molar-refractivity contribution is 6.35. The van der Waals surface area contributed by atoms with E-state index in [0.717, 1.165) is 6.42 Å². The van der Waals surface area contributed by atoms with Crippen LogP contribution in [0.5, 0.6) is 0 Å². The number of halogens is 1. The molecule has 1 aromatic rings. The maximum Gasteiger partial charge on any atom is 0.150 e. The lowest BCUT2D eigenvalue weighted by atomic mass is 10.1. The molecule has 0 bridgehead atoms. The van der Waals surface area contributed by atoms with Crippen molar-refractivity contribution in [3.05, 3.63) is 11.3 Å². The number of nitrogens with zero attached hydrogens (tertiary/aromatic N) is 2. The highest BCUT2D eigenvalue weighted by Gasteiger charge is 2.09. The summed E-state index contributed by atoms with van der Waals surface area (Å²) in [4.78, 5) is 7.92.